The van der Waals surface area contributed by atoms with Crippen LogP contribution in [-0.2, 0) is 9.53 Å². The van der Waals surface area contributed by atoms with E-state index in [1.54, 1.807) is 19.9 Å². The van der Waals surface area contributed by atoms with E-state index in [-0.39, 0.29) is 12.4 Å². The van der Waals surface area contributed by atoms with Crippen LogP contribution in [0.2, 0.25) is 0 Å². The molecular formula is C19H28ClNO3. The van der Waals surface area contributed by atoms with Crippen LogP contribution in [0.25, 0.3) is 6.08 Å². The summed E-state index contributed by atoms with van der Waals surface area (Å²) < 4.78 is 5.45. The number of hydrogen-bond donors (Lipinski definition) is 2. The Bertz CT molecular complexity index is 519. The first-order valence-corrected chi connectivity index (χ1v) is 8.37. The predicted octanol–water partition coefficient (Wildman–Crippen LogP) is 3.68. The van der Waals surface area contributed by atoms with Crippen molar-refractivity contribution >= 4 is 24.5 Å². The average Bonchev–Trinajstić information content (AvgIpc) is 2.53. The monoisotopic (exact) mass is 353 g/mol. The minimum absolute atomic E-state index is 0. The molecule has 0 heterocycles. The topological polar surface area (TPSA) is 58.6 Å². The molecule has 2 N–H and O–H groups in total. The molecule has 0 amide bonds. The van der Waals surface area contributed by atoms with Gasteiger partial charge in [0.15, 0.2) is 6.23 Å². The van der Waals surface area contributed by atoms with Crippen LogP contribution < -0.4 is 5.32 Å². The molecule has 4 nitrogen and oxygen atoms in total. The van der Waals surface area contributed by atoms with E-state index in [4.69, 9.17) is 4.74 Å². The van der Waals surface area contributed by atoms with Crippen LogP contribution in [0.1, 0.15) is 51.5 Å². The summed E-state index contributed by atoms with van der Waals surface area (Å²) in [5.41, 5.74) is -0.197. The van der Waals surface area contributed by atoms with Gasteiger partial charge in [0.25, 0.3) is 0 Å². The summed E-state index contributed by atoms with van der Waals surface area (Å²) in [6.07, 6.45) is 8.13. The van der Waals surface area contributed by atoms with Gasteiger partial charge in [-0.3, -0.25) is 5.32 Å². The molecule has 0 radical (unpaired) electrons. The maximum absolute atomic E-state index is 12.1. The zero-order valence-corrected chi connectivity index (χ0v) is 15.2. The molecule has 1 aromatic carbocycles. The number of carbonyl (C=O) groups excluding carboxylic acids is 1. The highest BCUT2D eigenvalue weighted by Gasteiger charge is 2.32. The standard InChI is InChI=1S/C19H27NO3.ClH/c1-19(2,22)18(20-16-11-7-4-8-12-16)23-17(21)14-13-15-9-5-3-6-10-15;/h3,5-6,9-10,13-14,16,18,20,22H,4,7-8,11-12H2,1-2H3;1H/b14-13+;. The quantitative estimate of drug-likeness (QED) is 0.465. The zero-order chi connectivity index (χ0) is 16.7. The normalized spacial score (nSPS) is 17.3. The number of carbonyl (C=O) groups is 1. The van der Waals surface area contributed by atoms with Crippen LogP contribution in [0.4, 0.5) is 0 Å². The first-order valence-electron chi connectivity index (χ1n) is 8.37. The third-order valence-corrected chi connectivity index (χ3v) is 4.08. The lowest BCUT2D eigenvalue weighted by molar-refractivity contribution is -0.161. The van der Waals surface area contributed by atoms with Crippen LogP contribution in [0.5, 0.6) is 0 Å². The van der Waals surface area contributed by atoms with Crippen molar-refractivity contribution in [3.8, 4) is 0 Å². The number of esters is 1. The Morgan fingerprint density at radius 1 is 1.25 bits per heavy atom. The van der Waals surface area contributed by atoms with Gasteiger partial charge in [-0.25, -0.2) is 4.79 Å². The fraction of sp³-hybridized carbons (Fsp3) is 0.526. The van der Waals surface area contributed by atoms with Crippen molar-refractivity contribution in [3.05, 3.63) is 42.0 Å². The zero-order valence-electron chi connectivity index (χ0n) is 14.4. The van der Waals surface area contributed by atoms with Gasteiger partial charge < -0.3 is 9.84 Å². The molecule has 0 aliphatic heterocycles. The van der Waals surface area contributed by atoms with Crippen molar-refractivity contribution < 1.29 is 14.6 Å². The van der Waals surface area contributed by atoms with E-state index in [1.165, 1.54) is 25.3 Å². The van der Waals surface area contributed by atoms with Gasteiger partial charge in [-0.1, -0.05) is 49.6 Å². The fourth-order valence-electron chi connectivity index (χ4n) is 2.75. The van der Waals surface area contributed by atoms with Gasteiger partial charge in [-0.15, -0.1) is 12.4 Å². The molecule has 1 aromatic rings. The molecule has 1 unspecified atom stereocenters. The van der Waals surface area contributed by atoms with Crippen molar-refractivity contribution in [2.24, 2.45) is 0 Å². The second kappa shape index (κ2) is 9.82. The highest BCUT2D eigenvalue weighted by atomic mass is 35.5. The summed E-state index contributed by atoms with van der Waals surface area (Å²) >= 11 is 0. The Kier molecular flexibility index (Phi) is 8.46. The molecule has 1 atom stereocenters. The number of benzene rings is 1. The molecule has 0 saturated heterocycles. The molecule has 5 heteroatoms. The minimum atomic E-state index is -1.13. The number of aliphatic hydroxyl groups is 1. The Morgan fingerprint density at radius 3 is 2.46 bits per heavy atom. The first-order chi connectivity index (χ1) is 10.9. The van der Waals surface area contributed by atoms with Gasteiger partial charge in [0.05, 0.1) is 0 Å². The third-order valence-electron chi connectivity index (χ3n) is 4.08. The second-order valence-corrected chi connectivity index (χ2v) is 6.72. The maximum Gasteiger partial charge on any atom is 0.332 e. The van der Waals surface area contributed by atoms with E-state index in [0.29, 0.717) is 6.04 Å². The summed E-state index contributed by atoms with van der Waals surface area (Å²) in [6, 6.07) is 9.87. The Morgan fingerprint density at radius 2 is 1.88 bits per heavy atom. The maximum atomic E-state index is 12.1. The minimum Gasteiger partial charge on any atom is -0.440 e. The largest absolute Gasteiger partial charge is 0.440 e. The van der Waals surface area contributed by atoms with Crippen molar-refractivity contribution in [1.29, 1.82) is 0 Å². The van der Waals surface area contributed by atoms with E-state index >= 15 is 0 Å². The molecular weight excluding hydrogens is 326 g/mol. The summed E-state index contributed by atoms with van der Waals surface area (Å²) in [4.78, 5) is 12.1. The number of hydrogen-bond acceptors (Lipinski definition) is 4. The van der Waals surface area contributed by atoms with Crippen LogP contribution >= 0.6 is 12.4 Å². The fourth-order valence-corrected chi connectivity index (χ4v) is 2.75. The molecule has 134 valence electrons. The SMILES string of the molecule is CC(C)(O)C(NC1CCCCC1)OC(=O)/C=C/c1ccccc1.Cl. The van der Waals surface area contributed by atoms with Crippen molar-refractivity contribution in [2.45, 2.75) is 63.8 Å². The van der Waals surface area contributed by atoms with Gasteiger partial charge in [0.2, 0.25) is 0 Å². The van der Waals surface area contributed by atoms with E-state index in [1.807, 2.05) is 30.3 Å². The number of rotatable bonds is 6. The van der Waals surface area contributed by atoms with Crippen molar-refractivity contribution in [1.82, 2.24) is 5.32 Å². The lowest BCUT2D eigenvalue weighted by Gasteiger charge is -2.34. The predicted molar refractivity (Wildman–Crippen MR) is 98.9 cm³/mol. The Hall–Kier alpha value is -1.36. The van der Waals surface area contributed by atoms with Crippen LogP contribution in [0.3, 0.4) is 0 Å². The lowest BCUT2D eigenvalue weighted by atomic mass is 9.94. The summed E-state index contributed by atoms with van der Waals surface area (Å²) in [6.45, 7) is 3.31. The molecule has 0 bridgehead atoms. The van der Waals surface area contributed by atoms with Gasteiger partial charge in [-0.05, 0) is 38.3 Å². The molecule has 1 saturated carbocycles. The van der Waals surface area contributed by atoms with Crippen molar-refractivity contribution in [2.75, 3.05) is 0 Å². The van der Waals surface area contributed by atoms with Gasteiger partial charge in [0, 0.05) is 12.1 Å². The van der Waals surface area contributed by atoms with Crippen LogP contribution in [0, 0.1) is 0 Å². The van der Waals surface area contributed by atoms with E-state index in [9.17, 15) is 9.90 Å². The third kappa shape index (κ3) is 7.04. The van der Waals surface area contributed by atoms with E-state index in [2.05, 4.69) is 5.32 Å². The highest BCUT2D eigenvalue weighted by Crippen LogP contribution is 2.20. The molecule has 24 heavy (non-hydrogen) atoms. The molecule has 2 rings (SSSR count). The molecule has 1 aliphatic rings. The molecule has 0 aromatic heterocycles. The van der Waals surface area contributed by atoms with Gasteiger partial charge in [0.1, 0.15) is 5.60 Å². The molecule has 1 fully saturated rings. The second-order valence-electron chi connectivity index (χ2n) is 6.72. The average molecular weight is 354 g/mol. The number of ether oxygens (including phenoxy) is 1. The first kappa shape index (κ1) is 20.7. The van der Waals surface area contributed by atoms with E-state index < -0.39 is 17.8 Å². The summed E-state index contributed by atoms with van der Waals surface area (Å²) in [7, 11) is 0. The Labute approximate surface area is 150 Å². The smallest absolute Gasteiger partial charge is 0.332 e. The van der Waals surface area contributed by atoms with Crippen molar-refractivity contribution in [3.63, 3.8) is 0 Å². The number of halogens is 1. The lowest BCUT2D eigenvalue weighted by Crippen LogP contribution is -2.53. The highest BCUT2D eigenvalue weighted by molar-refractivity contribution is 5.87. The summed E-state index contributed by atoms with van der Waals surface area (Å²) in [5.74, 6) is -0.454. The summed E-state index contributed by atoms with van der Waals surface area (Å²) in [5, 5.41) is 13.6. The van der Waals surface area contributed by atoms with Crippen LogP contribution in [-0.4, -0.2) is 28.9 Å². The van der Waals surface area contributed by atoms with E-state index in [0.717, 1.165) is 18.4 Å². The van der Waals surface area contributed by atoms with Crippen LogP contribution in [0.15, 0.2) is 36.4 Å². The molecule has 0 spiro atoms. The Balaban J connectivity index is 0.00000288. The molecule has 1 aliphatic carbocycles. The number of nitrogens with one attached hydrogen (secondary N) is 1. The van der Waals surface area contributed by atoms with Gasteiger partial charge in [-0.2, -0.15) is 0 Å². The van der Waals surface area contributed by atoms with Gasteiger partial charge >= 0.3 is 5.97 Å².